The van der Waals surface area contributed by atoms with Gasteiger partial charge in [0.15, 0.2) is 16.7 Å². The summed E-state index contributed by atoms with van der Waals surface area (Å²) < 4.78 is 10.7. The van der Waals surface area contributed by atoms with E-state index in [0.717, 1.165) is 28.1 Å². The van der Waals surface area contributed by atoms with Gasteiger partial charge in [-0.2, -0.15) is 0 Å². The van der Waals surface area contributed by atoms with E-state index in [1.165, 1.54) is 11.8 Å². The van der Waals surface area contributed by atoms with Gasteiger partial charge in [-0.3, -0.25) is 14.5 Å². The zero-order valence-electron chi connectivity index (χ0n) is 21.5. The number of carbonyl (C=O) groups excluding carboxylic acids is 2. The van der Waals surface area contributed by atoms with Gasteiger partial charge in [0, 0.05) is 18.7 Å². The summed E-state index contributed by atoms with van der Waals surface area (Å²) in [6.07, 6.45) is 0.695. The van der Waals surface area contributed by atoms with Crippen LogP contribution in [0.2, 0.25) is 0 Å². The van der Waals surface area contributed by atoms with Gasteiger partial charge in [0.25, 0.3) is 0 Å². The first kappa shape index (κ1) is 26.3. The number of thioether (sulfide) groups is 1. The van der Waals surface area contributed by atoms with E-state index in [9.17, 15) is 9.59 Å². The summed E-state index contributed by atoms with van der Waals surface area (Å²) in [6, 6.07) is 21.1. The van der Waals surface area contributed by atoms with Crippen molar-refractivity contribution in [2.75, 3.05) is 26.1 Å². The minimum Gasteiger partial charge on any atom is -0.493 e. The minimum absolute atomic E-state index is 0.0984. The number of aryl methyl sites for hydroxylation is 2. The highest BCUT2D eigenvalue weighted by molar-refractivity contribution is 8.15. The Kier molecular flexibility index (Phi) is 8.50. The lowest BCUT2D eigenvalue weighted by molar-refractivity contribution is -0.129. The van der Waals surface area contributed by atoms with Crippen LogP contribution in [0.3, 0.4) is 0 Å². The molecule has 3 aromatic rings. The van der Waals surface area contributed by atoms with E-state index < -0.39 is 5.25 Å². The number of methoxy groups -OCH3 is 2. The molecule has 7 nitrogen and oxygen atoms in total. The average molecular weight is 518 g/mol. The molecule has 1 aliphatic heterocycles. The van der Waals surface area contributed by atoms with Crippen LogP contribution in [0.15, 0.2) is 71.7 Å². The van der Waals surface area contributed by atoms with Crippen molar-refractivity contribution in [3.63, 3.8) is 0 Å². The van der Waals surface area contributed by atoms with E-state index >= 15 is 0 Å². The maximum absolute atomic E-state index is 13.3. The lowest BCUT2D eigenvalue weighted by atomic mass is 10.1. The third-order valence-electron chi connectivity index (χ3n) is 6.12. The molecule has 1 saturated heterocycles. The van der Waals surface area contributed by atoms with Crippen molar-refractivity contribution in [2.45, 2.75) is 31.9 Å². The molecule has 1 aliphatic rings. The lowest BCUT2D eigenvalue weighted by Crippen LogP contribution is -2.46. The molecule has 0 bridgehead atoms. The van der Waals surface area contributed by atoms with Crippen LogP contribution < -0.4 is 14.8 Å². The topological polar surface area (TPSA) is 80.2 Å². The van der Waals surface area contributed by atoms with Gasteiger partial charge < -0.3 is 14.8 Å². The van der Waals surface area contributed by atoms with Gasteiger partial charge in [0.1, 0.15) is 5.25 Å². The second-order valence-electron chi connectivity index (χ2n) is 8.83. The average Bonchev–Trinajstić information content (AvgIpc) is 2.90. The van der Waals surface area contributed by atoms with Gasteiger partial charge in [-0.15, -0.1) is 0 Å². The molecule has 37 heavy (non-hydrogen) atoms. The molecule has 0 aromatic heterocycles. The number of para-hydroxylation sites is 1. The van der Waals surface area contributed by atoms with Gasteiger partial charge in [0.2, 0.25) is 11.8 Å². The van der Waals surface area contributed by atoms with Gasteiger partial charge in [0.05, 0.1) is 19.9 Å². The summed E-state index contributed by atoms with van der Waals surface area (Å²) >= 11 is 1.32. The molecule has 1 N–H and O–H groups in total. The Morgan fingerprint density at radius 1 is 1.03 bits per heavy atom. The number of anilines is 1. The number of nitrogens with one attached hydrogen (secondary N) is 1. The Morgan fingerprint density at radius 3 is 2.49 bits per heavy atom. The van der Waals surface area contributed by atoms with Crippen LogP contribution in [0.5, 0.6) is 11.5 Å². The fraction of sp³-hybridized carbons (Fsp3) is 0.276. The molecule has 0 saturated carbocycles. The first-order chi connectivity index (χ1) is 17.9. The van der Waals surface area contributed by atoms with Gasteiger partial charge in [-0.25, -0.2) is 4.99 Å². The molecule has 2 amide bonds. The van der Waals surface area contributed by atoms with Crippen LogP contribution in [-0.2, 0) is 16.0 Å². The third kappa shape index (κ3) is 6.51. The number of benzene rings is 3. The molecule has 4 rings (SSSR count). The maximum atomic E-state index is 13.3. The number of aliphatic imine (C=N–C) groups is 1. The van der Waals surface area contributed by atoms with Gasteiger partial charge in [-0.05, 0) is 61.7 Å². The fourth-order valence-corrected chi connectivity index (χ4v) is 5.24. The molecule has 1 atom stereocenters. The summed E-state index contributed by atoms with van der Waals surface area (Å²) in [5, 5.41) is 2.94. The SMILES string of the molecule is COc1ccc(CCN2C(=O)C[C@@H](C(=O)Nc3ccc(C)cc3C)SC2=Nc2ccccc2)cc1OC. The highest BCUT2D eigenvalue weighted by Crippen LogP contribution is 2.32. The molecule has 0 radical (unpaired) electrons. The number of hydrogen-bond acceptors (Lipinski definition) is 6. The summed E-state index contributed by atoms with van der Waals surface area (Å²) in [6.45, 7) is 4.40. The number of ether oxygens (including phenoxy) is 2. The molecular formula is C29H31N3O4S. The number of amidine groups is 1. The molecular weight excluding hydrogens is 486 g/mol. The summed E-state index contributed by atoms with van der Waals surface area (Å²) in [5.41, 5.74) is 4.59. The van der Waals surface area contributed by atoms with Gasteiger partial charge >= 0.3 is 0 Å². The Morgan fingerprint density at radius 2 is 1.78 bits per heavy atom. The first-order valence-corrected chi connectivity index (χ1v) is 13.0. The Labute approximate surface area is 221 Å². The van der Waals surface area contributed by atoms with E-state index in [2.05, 4.69) is 5.32 Å². The second-order valence-corrected chi connectivity index (χ2v) is 10.0. The highest BCUT2D eigenvalue weighted by atomic mass is 32.2. The molecule has 0 unspecified atom stereocenters. The summed E-state index contributed by atoms with van der Waals surface area (Å²) in [5.74, 6) is 0.959. The second kappa shape index (κ2) is 12.0. The van der Waals surface area contributed by atoms with Crippen molar-refractivity contribution in [1.29, 1.82) is 0 Å². The van der Waals surface area contributed by atoms with E-state index in [4.69, 9.17) is 14.5 Å². The van der Waals surface area contributed by atoms with E-state index in [1.54, 1.807) is 19.1 Å². The summed E-state index contributed by atoms with van der Waals surface area (Å²) in [7, 11) is 3.19. The molecule has 1 heterocycles. The van der Waals surface area contributed by atoms with Gasteiger partial charge in [-0.1, -0.05) is 53.7 Å². The fourth-order valence-electron chi connectivity index (χ4n) is 4.12. The molecule has 0 aliphatic carbocycles. The van der Waals surface area contributed by atoms with Crippen molar-refractivity contribution < 1.29 is 19.1 Å². The zero-order valence-corrected chi connectivity index (χ0v) is 22.3. The number of carbonyl (C=O) groups is 2. The van der Waals surface area contributed by atoms with E-state index in [1.807, 2.05) is 80.6 Å². The monoisotopic (exact) mass is 517 g/mol. The number of rotatable bonds is 8. The largest absolute Gasteiger partial charge is 0.493 e. The van der Waals surface area contributed by atoms with Crippen molar-refractivity contribution >= 4 is 40.1 Å². The maximum Gasteiger partial charge on any atom is 0.238 e. The lowest BCUT2D eigenvalue weighted by Gasteiger charge is -2.32. The van der Waals surface area contributed by atoms with Crippen molar-refractivity contribution in [1.82, 2.24) is 4.90 Å². The van der Waals surface area contributed by atoms with E-state index in [-0.39, 0.29) is 18.2 Å². The Hall–Kier alpha value is -3.78. The number of hydrogen-bond donors (Lipinski definition) is 1. The minimum atomic E-state index is -0.576. The predicted molar refractivity (Wildman–Crippen MR) is 149 cm³/mol. The Bertz CT molecular complexity index is 1310. The van der Waals surface area contributed by atoms with Crippen molar-refractivity contribution in [2.24, 2.45) is 4.99 Å². The number of amides is 2. The van der Waals surface area contributed by atoms with Crippen LogP contribution in [0.4, 0.5) is 11.4 Å². The summed E-state index contributed by atoms with van der Waals surface area (Å²) in [4.78, 5) is 32.9. The molecule has 192 valence electrons. The first-order valence-electron chi connectivity index (χ1n) is 12.1. The normalized spacial score (nSPS) is 16.5. The van der Waals surface area contributed by atoms with Crippen molar-refractivity contribution in [3.05, 3.63) is 83.4 Å². The Balaban J connectivity index is 1.54. The molecule has 3 aromatic carbocycles. The van der Waals surface area contributed by atoms with Crippen LogP contribution >= 0.6 is 11.8 Å². The third-order valence-corrected chi connectivity index (χ3v) is 7.31. The van der Waals surface area contributed by atoms with Crippen LogP contribution in [0.1, 0.15) is 23.1 Å². The smallest absolute Gasteiger partial charge is 0.238 e. The van der Waals surface area contributed by atoms with Crippen LogP contribution in [-0.4, -0.2) is 47.9 Å². The zero-order chi connectivity index (χ0) is 26.4. The molecule has 1 fully saturated rings. The molecule has 0 spiro atoms. The van der Waals surface area contributed by atoms with Crippen LogP contribution in [0.25, 0.3) is 0 Å². The number of nitrogens with zero attached hydrogens (tertiary/aromatic N) is 2. The quantitative estimate of drug-likeness (QED) is 0.425. The standard InChI is InChI=1S/C29H31N3O4S/c1-19-10-12-23(20(2)16-19)31-28(34)26-18-27(33)32(29(37-26)30-22-8-6-5-7-9-22)15-14-21-11-13-24(35-3)25(17-21)36-4/h5-13,16-17,26H,14-15,18H2,1-4H3,(H,31,34)/t26-/m0/s1. The van der Waals surface area contributed by atoms with Crippen molar-refractivity contribution in [3.8, 4) is 11.5 Å². The predicted octanol–water partition coefficient (Wildman–Crippen LogP) is 5.52. The van der Waals surface area contributed by atoms with E-state index in [0.29, 0.717) is 29.6 Å². The molecule has 8 heteroatoms. The highest BCUT2D eigenvalue weighted by Gasteiger charge is 2.36. The van der Waals surface area contributed by atoms with Crippen LogP contribution in [0, 0.1) is 13.8 Å².